The molecule has 16 heavy (non-hydrogen) atoms. The van der Waals surface area contributed by atoms with Crippen LogP contribution in [0.1, 0.15) is 12.8 Å². The summed E-state index contributed by atoms with van der Waals surface area (Å²) in [5.41, 5.74) is -0.786. The van der Waals surface area contributed by atoms with Gasteiger partial charge in [0, 0.05) is 5.92 Å². The summed E-state index contributed by atoms with van der Waals surface area (Å²) in [7, 11) is 0. The van der Waals surface area contributed by atoms with Crippen LogP contribution in [-0.2, 0) is 0 Å². The van der Waals surface area contributed by atoms with Crippen LogP contribution in [0.4, 0.5) is 0 Å². The Labute approximate surface area is 94.0 Å². The van der Waals surface area contributed by atoms with Crippen LogP contribution in [0.15, 0.2) is 0 Å². The third-order valence-electron chi connectivity index (χ3n) is 8.52. The van der Waals surface area contributed by atoms with Gasteiger partial charge in [-0.25, -0.2) is 0 Å². The molecule has 0 aromatic rings. The maximum absolute atomic E-state index is 11.2. The van der Waals surface area contributed by atoms with Crippen molar-refractivity contribution in [2.75, 3.05) is 0 Å². The standard InChI is InChI=1S/C14H16O2/c15-13-6-2-5-11(13)12(5)14(6,16)10-4-1-3-7(8(3)10)9(4)13/h3-12,15-16H,1-2H2/t3?,4?,5?,6?,7-,8?,9-,10+,11+,12-,13+,14-/m1/s1. The highest BCUT2D eigenvalue weighted by Crippen LogP contribution is 2.94. The molecule has 5 unspecified atom stereocenters. The quantitative estimate of drug-likeness (QED) is 0.618. The molecule has 84 valence electrons. The second kappa shape index (κ2) is 1.50. The van der Waals surface area contributed by atoms with Crippen LogP contribution < -0.4 is 0 Å². The SMILES string of the molecule is O[C@@]12C3CC4[C@@H]1[C@H]4[C@@]3(O)[C@@H]1C3CC4C([C@@H]41)[C@H]32. The van der Waals surface area contributed by atoms with Gasteiger partial charge in [-0.15, -0.1) is 0 Å². The van der Waals surface area contributed by atoms with Gasteiger partial charge in [-0.2, -0.15) is 0 Å². The Balaban J connectivity index is 1.64. The van der Waals surface area contributed by atoms with Crippen molar-refractivity contribution in [1.82, 2.24) is 0 Å². The average molecular weight is 216 g/mol. The number of aliphatic hydroxyl groups is 2. The molecule has 12 atom stereocenters. The number of hydrogen-bond acceptors (Lipinski definition) is 2. The lowest BCUT2D eigenvalue weighted by atomic mass is 9.62. The Bertz CT molecular complexity index is 451. The van der Waals surface area contributed by atoms with Gasteiger partial charge < -0.3 is 10.2 Å². The molecule has 2 N–H and O–H groups in total. The summed E-state index contributed by atoms with van der Waals surface area (Å²) < 4.78 is 0. The van der Waals surface area contributed by atoms with Crippen LogP contribution in [0.5, 0.6) is 0 Å². The van der Waals surface area contributed by atoms with Crippen LogP contribution >= 0.6 is 0 Å². The minimum Gasteiger partial charge on any atom is -0.389 e. The monoisotopic (exact) mass is 216 g/mol. The Morgan fingerprint density at radius 2 is 1.25 bits per heavy atom. The Morgan fingerprint density at radius 1 is 0.688 bits per heavy atom. The van der Waals surface area contributed by atoms with Gasteiger partial charge in [-0.1, -0.05) is 0 Å². The fourth-order valence-corrected chi connectivity index (χ4v) is 8.78. The van der Waals surface area contributed by atoms with Gasteiger partial charge in [0.1, 0.15) is 0 Å². The third-order valence-corrected chi connectivity index (χ3v) is 8.52. The fourth-order valence-electron chi connectivity index (χ4n) is 8.78. The topological polar surface area (TPSA) is 40.5 Å². The Kier molecular flexibility index (Phi) is 0.691. The van der Waals surface area contributed by atoms with E-state index in [1.165, 1.54) is 6.42 Å². The van der Waals surface area contributed by atoms with Gasteiger partial charge in [0.25, 0.3) is 0 Å². The lowest BCUT2D eigenvalue weighted by molar-refractivity contribution is -0.169. The lowest BCUT2D eigenvalue weighted by Crippen LogP contribution is -2.57. The smallest absolute Gasteiger partial charge is 0.0771 e. The molecule has 0 aromatic heterocycles. The van der Waals surface area contributed by atoms with Crippen molar-refractivity contribution in [2.24, 2.45) is 59.2 Å². The van der Waals surface area contributed by atoms with Crippen LogP contribution in [0.25, 0.3) is 0 Å². The molecule has 9 fully saturated rings. The highest BCUT2D eigenvalue weighted by atomic mass is 16.3. The maximum atomic E-state index is 11.2. The summed E-state index contributed by atoms with van der Waals surface area (Å²) in [6.45, 7) is 0. The van der Waals surface area contributed by atoms with Crippen LogP contribution in [-0.4, -0.2) is 21.4 Å². The van der Waals surface area contributed by atoms with E-state index in [2.05, 4.69) is 0 Å². The van der Waals surface area contributed by atoms with Crippen LogP contribution in [0.3, 0.4) is 0 Å². The van der Waals surface area contributed by atoms with E-state index in [4.69, 9.17) is 0 Å². The molecular formula is C14H16O2. The van der Waals surface area contributed by atoms with Crippen LogP contribution in [0.2, 0.25) is 0 Å². The summed E-state index contributed by atoms with van der Waals surface area (Å²) in [4.78, 5) is 0. The van der Waals surface area contributed by atoms with Crippen molar-refractivity contribution in [2.45, 2.75) is 24.0 Å². The van der Waals surface area contributed by atoms with E-state index in [1.807, 2.05) is 0 Å². The molecule has 2 heteroatoms. The van der Waals surface area contributed by atoms with Crippen LogP contribution in [0, 0.1) is 59.2 Å². The van der Waals surface area contributed by atoms with E-state index in [0.717, 1.165) is 36.0 Å². The molecular weight excluding hydrogens is 200 g/mol. The van der Waals surface area contributed by atoms with Gasteiger partial charge in [-0.3, -0.25) is 0 Å². The van der Waals surface area contributed by atoms with E-state index >= 15 is 0 Å². The zero-order valence-corrected chi connectivity index (χ0v) is 9.08. The van der Waals surface area contributed by atoms with E-state index in [1.54, 1.807) is 0 Å². The fraction of sp³-hybridized carbons (Fsp3) is 1.00. The van der Waals surface area contributed by atoms with Gasteiger partial charge >= 0.3 is 0 Å². The second-order valence-corrected chi connectivity index (χ2v) is 8.05. The maximum Gasteiger partial charge on any atom is 0.0771 e. The Hall–Kier alpha value is -0.0800. The van der Waals surface area contributed by atoms with Crippen molar-refractivity contribution in [3.05, 3.63) is 0 Å². The number of rotatable bonds is 0. The van der Waals surface area contributed by atoms with E-state index in [-0.39, 0.29) is 5.92 Å². The first-order chi connectivity index (χ1) is 7.70. The zero-order valence-electron chi connectivity index (χ0n) is 9.08. The molecule has 0 radical (unpaired) electrons. The molecule has 0 amide bonds. The van der Waals surface area contributed by atoms with Crippen molar-refractivity contribution in [1.29, 1.82) is 0 Å². The highest BCUT2D eigenvalue weighted by molar-refractivity contribution is 5.46. The van der Waals surface area contributed by atoms with Gasteiger partial charge in [0.2, 0.25) is 0 Å². The summed E-state index contributed by atoms with van der Waals surface area (Å²) in [5, 5.41) is 22.5. The summed E-state index contributed by atoms with van der Waals surface area (Å²) in [6, 6.07) is 0. The molecule has 9 aliphatic rings. The predicted octanol–water partition coefficient (Wildman–Crippen LogP) is 0.486. The summed E-state index contributed by atoms with van der Waals surface area (Å²) >= 11 is 0. The van der Waals surface area contributed by atoms with Gasteiger partial charge in [0.05, 0.1) is 11.2 Å². The molecule has 9 saturated carbocycles. The van der Waals surface area contributed by atoms with Crippen molar-refractivity contribution in [3.8, 4) is 0 Å². The average Bonchev–Trinajstić information content (AvgIpc) is 2.79. The van der Waals surface area contributed by atoms with Crippen molar-refractivity contribution >= 4 is 0 Å². The van der Waals surface area contributed by atoms with E-state index in [0.29, 0.717) is 23.7 Å². The molecule has 0 heterocycles. The molecule has 0 aromatic carbocycles. The minimum absolute atomic E-state index is 0.290. The molecule has 9 aliphatic carbocycles. The van der Waals surface area contributed by atoms with E-state index < -0.39 is 11.2 Å². The molecule has 0 spiro atoms. The minimum atomic E-state index is -0.393. The lowest BCUT2D eigenvalue weighted by Gasteiger charge is -2.48. The first kappa shape index (κ1) is 7.38. The zero-order chi connectivity index (χ0) is 10.2. The molecule has 0 aliphatic heterocycles. The molecule has 12 bridgehead atoms. The normalized spacial score (nSPS) is 94.9. The molecule has 0 saturated heterocycles. The number of hydrogen-bond donors (Lipinski definition) is 2. The highest BCUT2D eigenvalue weighted by Gasteiger charge is 2.98. The second-order valence-electron chi connectivity index (χ2n) is 8.05. The summed E-state index contributed by atoms with van der Waals surface area (Å²) in [5.74, 6) is 6.65. The first-order valence-corrected chi connectivity index (χ1v) is 7.15. The Morgan fingerprint density at radius 3 is 1.75 bits per heavy atom. The predicted molar refractivity (Wildman–Crippen MR) is 54.0 cm³/mol. The first-order valence-electron chi connectivity index (χ1n) is 7.15. The largest absolute Gasteiger partial charge is 0.389 e. The van der Waals surface area contributed by atoms with Gasteiger partial charge in [0.15, 0.2) is 0 Å². The molecule has 9 rings (SSSR count). The van der Waals surface area contributed by atoms with Gasteiger partial charge in [-0.05, 0) is 66.1 Å². The molecule has 2 nitrogen and oxygen atoms in total. The van der Waals surface area contributed by atoms with Crippen molar-refractivity contribution < 1.29 is 10.2 Å². The summed E-state index contributed by atoms with van der Waals surface area (Å²) in [6.07, 6.45) is 2.51. The van der Waals surface area contributed by atoms with E-state index in [9.17, 15) is 10.2 Å². The third kappa shape index (κ3) is 0.364. The van der Waals surface area contributed by atoms with Crippen molar-refractivity contribution in [3.63, 3.8) is 0 Å².